The number of hydrogen-bond donors (Lipinski definition) is 2. The van der Waals surface area contributed by atoms with Gasteiger partial charge in [0.2, 0.25) is 0 Å². The van der Waals surface area contributed by atoms with Crippen LogP contribution >= 0.6 is 0 Å². The maximum Gasteiger partial charge on any atom is 0.256 e. The topological polar surface area (TPSA) is 72.9 Å². The van der Waals surface area contributed by atoms with Gasteiger partial charge in [-0.2, -0.15) is 0 Å². The van der Waals surface area contributed by atoms with E-state index in [1.54, 1.807) is 12.4 Å². The molecule has 0 fully saturated rings. The number of rotatable bonds is 4. The van der Waals surface area contributed by atoms with Crippen molar-refractivity contribution in [1.82, 2.24) is 15.0 Å². The van der Waals surface area contributed by atoms with E-state index in [4.69, 9.17) is 5.84 Å². The van der Waals surface area contributed by atoms with Crippen molar-refractivity contribution in [1.29, 1.82) is 0 Å². The first-order valence-corrected chi connectivity index (χ1v) is 4.70. The molecule has 1 rings (SSSR count). The number of aromatic nitrogens is 2. The highest BCUT2D eigenvalue weighted by Crippen LogP contribution is 2.15. The summed E-state index contributed by atoms with van der Waals surface area (Å²) in [6, 6.07) is -0.243. The number of imidazole rings is 1. The Balaban J connectivity index is 2.88. The molecule has 0 radical (unpaired) electrons. The van der Waals surface area contributed by atoms with Crippen LogP contribution in [0.15, 0.2) is 12.4 Å². The van der Waals surface area contributed by atoms with Gasteiger partial charge in [0.15, 0.2) is 0 Å². The summed E-state index contributed by atoms with van der Waals surface area (Å²) in [6.45, 7) is 3.90. The molecule has 0 spiro atoms. The summed E-state index contributed by atoms with van der Waals surface area (Å²) in [5.41, 5.74) is 2.18. The van der Waals surface area contributed by atoms with Crippen molar-refractivity contribution in [3.05, 3.63) is 18.2 Å². The number of hydrazine groups is 1. The molecule has 0 aliphatic heterocycles. The second kappa shape index (κ2) is 4.76. The molecule has 1 amide bonds. The van der Waals surface area contributed by atoms with E-state index < -0.39 is 0 Å². The van der Waals surface area contributed by atoms with Gasteiger partial charge in [-0.05, 0) is 13.3 Å². The number of carbonyl (C=O) groups excluding carboxylic acids is 1. The summed E-state index contributed by atoms with van der Waals surface area (Å²) in [5, 5.41) is 0. The highest BCUT2D eigenvalue weighted by molar-refractivity contribution is 5.79. The van der Waals surface area contributed by atoms with Crippen LogP contribution in [0.5, 0.6) is 0 Å². The van der Waals surface area contributed by atoms with E-state index in [2.05, 4.69) is 10.4 Å². The first-order valence-electron chi connectivity index (χ1n) is 4.70. The molecule has 0 bridgehead atoms. The van der Waals surface area contributed by atoms with Crippen LogP contribution in [0, 0.1) is 6.92 Å². The molecule has 1 heterocycles. The number of nitrogens with zero attached hydrogens (tertiary/aromatic N) is 2. The largest absolute Gasteiger partial charge is 0.323 e. The Labute approximate surface area is 83.3 Å². The maximum atomic E-state index is 11.5. The first-order chi connectivity index (χ1) is 6.70. The summed E-state index contributed by atoms with van der Waals surface area (Å²) >= 11 is 0. The normalized spacial score (nSPS) is 12.5. The van der Waals surface area contributed by atoms with Gasteiger partial charge in [0.1, 0.15) is 11.9 Å². The average Bonchev–Trinajstić information content (AvgIpc) is 2.60. The Morgan fingerprint density at radius 3 is 2.93 bits per heavy atom. The smallest absolute Gasteiger partial charge is 0.256 e. The lowest BCUT2D eigenvalue weighted by atomic mass is 10.1. The molecule has 1 aromatic rings. The molecule has 5 heteroatoms. The summed E-state index contributed by atoms with van der Waals surface area (Å²) in [6.07, 6.45) is 5.17. The molecule has 0 saturated heterocycles. The molecule has 0 aliphatic carbocycles. The molecule has 0 saturated carbocycles. The first kappa shape index (κ1) is 10.7. The summed E-state index contributed by atoms with van der Waals surface area (Å²) < 4.78 is 1.84. The predicted molar refractivity (Wildman–Crippen MR) is 53.2 cm³/mol. The number of carbonyl (C=O) groups is 1. The maximum absolute atomic E-state index is 11.5. The van der Waals surface area contributed by atoms with Crippen LogP contribution in [-0.2, 0) is 4.79 Å². The van der Waals surface area contributed by atoms with E-state index >= 15 is 0 Å². The summed E-state index contributed by atoms with van der Waals surface area (Å²) in [4.78, 5) is 15.5. The Morgan fingerprint density at radius 1 is 1.79 bits per heavy atom. The van der Waals surface area contributed by atoms with Gasteiger partial charge in [-0.1, -0.05) is 13.3 Å². The molecule has 0 aromatic carbocycles. The van der Waals surface area contributed by atoms with Crippen molar-refractivity contribution in [2.24, 2.45) is 5.84 Å². The van der Waals surface area contributed by atoms with Gasteiger partial charge in [-0.3, -0.25) is 10.2 Å². The van der Waals surface area contributed by atoms with Crippen LogP contribution < -0.4 is 11.3 Å². The van der Waals surface area contributed by atoms with Crippen LogP contribution in [0.2, 0.25) is 0 Å². The fraction of sp³-hybridized carbons (Fsp3) is 0.556. The molecule has 3 N–H and O–H groups in total. The summed E-state index contributed by atoms with van der Waals surface area (Å²) in [7, 11) is 0. The zero-order valence-electron chi connectivity index (χ0n) is 8.53. The van der Waals surface area contributed by atoms with Crippen LogP contribution in [0.3, 0.4) is 0 Å². The lowest BCUT2D eigenvalue weighted by Crippen LogP contribution is -2.37. The third kappa shape index (κ3) is 2.11. The number of aryl methyl sites for hydroxylation is 1. The Bertz CT molecular complexity index is 308. The zero-order chi connectivity index (χ0) is 10.6. The molecular formula is C9H16N4O. The third-order valence-electron chi connectivity index (χ3n) is 2.21. The van der Waals surface area contributed by atoms with Crippen molar-refractivity contribution in [2.75, 3.05) is 0 Å². The van der Waals surface area contributed by atoms with E-state index in [0.29, 0.717) is 0 Å². The van der Waals surface area contributed by atoms with Gasteiger partial charge < -0.3 is 4.57 Å². The van der Waals surface area contributed by atoms with Crippen LogP contribution in [-0.4, -0.2) is 15.5 Å². The fourth-order valence-corrected chi connectivity index (χ4v) is 1.48. The minimum absolute atomic E-state index is 0.173. The third-order valence-corrected chi connectivity index (χ3v) is 2.21. The molecule has 5 nitrogen and oxygen atoms in total. The van der Waals surface area contributed by atoms with E-state index in [0.717, 1.165) is 18.7 Å². The zero-order valence-corrected chi connectivity index (χ0v) is 8.53. The molecule has 1 atom stereocenters. The van der Waals surface area contributed by atoms with Crippen LogP contribution in [0.25, 0.3) is 0 Å². The van der Waals surface area contributed by atoms with E-state index in [1.165, 1.54) is 0 Å². The van der Waals surface area contributed by atoms with E-state index in [-0.39, 0.29) is 11.9 Å². The van der Waals surface area contributed by atoms with Crippen molar-refractivity contribution in [2.45, 2.75) is 32.7 Å². The van der Waals surface area contributed by atoms with Gasteiger partial charge in [-0.15, -0.1) is 0 Å². The lowest BCUT2D eigenvalue weighted by Gasteiger charge is -2.17. The Hall–Kier alpha value is -1.36. The minimum Gasteiger partial charge on any atom is -0.323 e. The molecule has 14 heavy (non-hydrogen) atoms. The van der Waals surface area contributed by atoms with Gasteiger partial charge in [0, 0.05) is 12.4 Å². The van der Waals surface area contributed by atoms with Crippen molar-refractivity contribution >= 4 is 5.91 Å². The monoisotopic (exact) mass is 196 g/mol. The van der Waals surface area contributed by atoms with Gasteiger partial charge >= 0.3 is 0 Å². The lowest BCUT2D eigenvalue weighted by molar-refractivity contribution is -0.124. The number of nitrogens with one attached hydrogen (secondary N) is 1. The average molecular weight is 196 g/mol. The molecule has 1 unspecified atom stereocenters. The Morgan fingerprint density at radius 2 is 2.50 bits per heavy atom. The summed E-state index contributed by atoms with van der Waals surface area (Å²) in [5.74, 6) is 5.78. The quantitative estimate of drug-likeness (QED) is 0.419. The number of hydrogen-bond acceptors (Lipinski definition) is 3. The highest BCUT2D eigenvalue weighted by Gasteiger charge is 2.19. The highest BCUT2D eigenvalue weighted by atomic mass is 16.2. The Kier molecular flexibility index (Phi) is 3.64. The van der Waals surface area contributed by atoms with Crippen LogP contribution in [0.4, 0.5) is 0 Å². The van der Waals surface area contributed by atoms with Crippen molar-refractivity contribution in [3.8, 4) is 0 Å². The predicted octanol–water partition coefficient (Wildman–Crippen LogP) is 0.523. The number of nitrogens with two attached hydrogens (primary N) is 1. The van der Waals surface area contributed by atoms with Crippen molar-refractivity contribution in [3.63, 3.8) is 0 Å². The number of amides is 1. The SMILES string of the molecule is CCCC(C(=O)NN)n1ccnc1C. The minimum atomic E-state index is -0.243. The molecule has 1 aromatic heterocycles. The van der Waals surface area contributed by atoms with Crippen LogP contribution in [0.1, 0.15) is 31.6 Å². The van der Waals surface area contributed by atoms with Gasteiger partial charge in [0.05, 0.1) is 0 Å². The fourth-order valence-electron chi connectivity index (χ4n) is 1.48. The second-order valence-corrected chi connectivity index (χ2v) is 3.19. The molecule has 0 aliphatic rings. The second-order valence-electron chi connectivity index (χ2n) is 3.19. The van der Waals surface area contributed by atoms with Crippen molar-refractivity contribution < 1.29 is 4.79 Å². The van der Waals surface area contributed by atoms with Gasteiger partial charge in [0.25, 0.3) is 5.91 Å². The molecular weight excluding hydrogens is 180 g/mol. The standard InChI is InChI=1S/C9H16N4O/c1-3-4-8(9(14)12-10)13-6-5-11-7(13)2/h5-6,8H,3-4,10H2,1-2H3,(H,12,14). The van der Waals surface area contributed by atoms with E-state index in [9.17, 15) is 4.79 Å². The van der Waals surface area contributed by atoms with E-state index in [1.807, 2.05) is 18.4 Å². The molecule has 78 valence electrons. The van der Waals surface area contributed by atoms with Gasteiger partial charge in [-0.25, -0.2) is 10.8 Å².